The molecule has 1 aliphatic heterocycles. The first-order valence-corrected chi connectivity index (χ1v) is 10.9. The van der Waals surface area contributed by atoms with Gasteiger partial charge in [-0.1, -0.05) is 35.9 Å². The Labute approximate surface area is 197 Å². The number of benzene rings is 3. The molecule has 3 aromatic rings. The van der Waals surface area contributed by atoms with Crippen LogP contribution >= 0.6 is 11.6 Å². The van der Waals surface area contributed by atoms with E-state index in [0.29, 0.717) is 40.1 Å². The second kappa shape index (κ2) is 9.38. The second-order valence-electron chi connectivity index (χ2n) is 7.36. The molecule has 0 aromatic heterocycles. The van der Waals surface area contributed by atoms with Crippen LogP contribution < -0.4 is 19.7 Å². The van der Waals surface area contributed by atoms with Crippen molar-refractivity contribution in [2.75, 3.05) is 23.9 Å². The summed E-state index contributed by atoms with van der Waals surface area (Å²) in [7, 11) is 1.53. The van der Waals surface area contributed by atoms with Crippen LogP contribution in [0.5, 0.6) is 11.5 Å². The molecule has 0 fully saturated rings. The van der Waals surface area contributed by atoms with Crippen LogP contribution in [0.15, 0.2) is 72.4 Å². The van der Waals surface area contributed by atoms with Gasteiger partial charge in [0.25, 0.3) is 11.8 Å². The van der Waals surface area contributed by atoms with Crippen LogP contribution in [0.1, 0.15) is 18.1 Å². The first-order chi connectivity index (χ1) is 16.0. The highest BCUT2D eigenvalue weighted by molar-refractivity contribution is 6.46. The third-order valence-electron chi connectivity index (χ3n) is 5.39. The van der Waals surface area contributed by atoms with E-state index in [9.17, 15) is 9.59 Å². The molecule has 1 N–H and O–H groups in total. The van der Waals surface area contributed by atoms with E-state index in [1.807, 2.05) is 26.0 Å². The van der Waals surface area contributed by atoms with Gasteiger partial charge in [0.2, 0.25) is 0 Å². The lowest BCUT2D eigenvalue weighted by Crippen LogP contribution is -2.32. The Kier molecular flexibility index (Phi) is 6.38. The van der Waals surface area contributed by atoms with Crippen molar-refractivity contribution < 1.29 is 19.1 Å². The van der Waals surface area contributed by atoms with Gasteiger partial charge in [-0.25, -0.2) is 4.90 Å². The number of nitrogens with one attached hydrogen (secondary N) is 1. The van der Waals surface area contributed by atoms with E-state index in [4.69, 9.17) is 21.1 Å². The summed E-state index contributed by atoms with van der Waals surface area (Å²) < 4.78 is 11.0. The van der Waals surface area contributed by atoms with Gasteiger partial charge in [-0.3, -0.25) is 9.59 Å². The lowest BCUT2D eigenvalue weighted by Gasteiger charge is -2.16. The monoisotopic (exact) mass is 462 g/mol. The topological polar surface area (TPSA) is 67.9 Å². The predicted molar refractivity (Wildman–Crippen MR) is 130 cm³/mol. The van der Waals surface area contributed by atoms with Crippen LogP contribution in [0.2, 0.25) is 5.02 Å². The molecule has 0 unspecified atom stereocenters. The maximum atomic E-state index is 13.6. The SMILES string of the molecule is CCOc1ccc(N2C(=O)C(Nc3cccc(Cl)c3C)=C(c3ccccc3OC)C2=O)cc1. The standard InChI is InChI=1S/C26H23ClN2O4/c1-4-33-18-14-12-17(13-15-18)29-25(30)23(19-8-5-6-11-22(19)32-3)24(26(29)31)28-21-10-7-9-20(27)16(21)2/h5-15,28H,4H2,1-3H3. The van der Waals surface area contributed by atoms with Crippen molar-refractivity contribution in [3.63, 3.8) is 0 Å². The highest BCUT2D eigenvalue weighted by Crippen LogP contribution is 2.38. The summed E-state index contributed by atoms with van der Waals surface area (Å²) >= 11 is 6.28. The van der Waals surface area contributed by atoms with Gasteiger partial charge < -0.3 is 14.8 Å². The molecule has 3 aromatic carbocycles. The van der Waals surface area contributed by atoms with Crippen molar-refractivity contribution in [1.29, 1.82) is 0 Å². The van der Waals surface area contributed by atoms with Gasteiger partial charge in [-0.15, -0.1) is 0 Å². The van der Waals surface area contributed by atoms with E-state index in [2.05, 4.69) is 5.32 Å². The van der Waals surface area contributed by atoms with Gasteiger partial charge in [-0.2, -0.15) is 0 Å². The molecule has 2 amide bonds. The molecular weight excluding hydrogens is 440 g/mol. The number of hydrogen-bond acceptors (Lipinski definition) is 5. The molecule has 168 valence electrons. The van der Waals surface area contributed by atoms with Gasteiger partial charge in [0, 0.05) is 16.3 Å². The van der Waals surface area contributed by atoms with Crippen molar-refractivity contribution in [1.82, 2.24) is 0 Å². The Morgan fingerprint density at radius 3 is 2.36 bits per heavy atom. The molecule has 0 atom stereocenters. The van der Waals surface area contributed by atoms with Crippen molar-refractivity contribution in [3.05, 3.63) is 88.6 Å². The van der Waals surface area contributed by atoms with E-state index >= 15 is 0 Å². The summed E-state index contributed by atoms with van der Waals surface area (Å²) in [5, 5.41) is 3.72. The molecule has 0 saturated carbocycles. The third-order valence-corrected chi connectivity index (χ3v) is 5.80. The number of halogens is 1. The Balaban J connectivity index is 1.83. The predicted octanol–water partition coefficient (Wildman–Crippen LogP) is 5.45. The lowest BCUT2D eigenvalue weighted by molar-refractivity contribution is -0.120. The number of para-hydroxylation sites is 1. The molecule has 33 heavy (non-hydrogen) atoms. The summed E-state index contributed by atoms with van der Waals surface area (Å²) in [6.07, 6.45) is 0. The Morgan fingerprint density at radius 1 is 0.939 bits per heavy atom. The third kappa shape index (κ3) is 4.17. The quantitative estimate of drug-likeness (QED) is 0.473. The molecule has 0 radical (unpaired) electrons. The summed E-state index contributed by atoms with van der Waals surface area (Å²) in [5.41, 5.74) is 2.76. The molecule has 1 aliphatic rings. The minimum absolute atomic E-state index is 0.156. The molecule has 6 nitrogen and oxygen atoms in total. The second-order valence-corrected chi connectivity index (χ2v) is 7.77. The molecule has 0 aliphatic carbocycles. The van der Waals surface area contributed by atoms with E-state index in [1.165, 1.54) is 7.11 Å². The summed E-state index contributed by atoms with van der Waals surface area (Å²) in [6, 6.07) is 19.3. The van der Waals surface area contributed by atoms with Crippen LogP contribution in [0, 0.1) is 6.92 Å². The van der Waals surface area contributed by atoms with Gasteiger partial charge in [0.05, 0.1) is 25.0 Å². The number of nitrogens with zero attached hydrogens (tertiary/aromatic N) is 1. The highest BCUT2D eigenvalue weighted by Gasteiger charge is 2.41. The van der Waals surface area contributed by atoms with E-state index < -0.39 is 11.8 Å². The van der Waals surface area contributed by atoms with Crippen LogP contribution in [-0.4, -0.2) is 25.5 Å². The number of anilines is 2. The van der Waals surface area contributed by atoms with Gasteiger partial charge >= 0.3 is 0 Å². The van der Waals surface area contributed by atoms with Crippen molar-refractivity contribution in [3.8, 4) is 11.5 Å². The number of rotatable bonds is 7. The van der Waals surface area contributed by atoms with Crippen LogP contribution in [0.4, 0.5) is 11.4 Å². The molecule has 7 heteroatoms. The Bertz CT molecular complexity index is 1250. The van der Waals surface area contributed by atoms with E-state index in [1.54, 1.807) is 54.6 Å². The smallest absolute Gasteiger partial charge is 0.282 e. The molecule has 1 heterocycles. The number of amides is 2. The van der Waals surface area contributed by atoms with Crippen LogP contribution in [0.25, 0.3) is 5.57 Å². The van der Waals surface area contributed by atoms with Gasteiger partial charge in [-0.05, 0) is 61.9 Å². The molecule has 4 rings (SSSR count). The number of ether oxygens (including phenoxy) is 2. The fraction of sp³-hybridized carbons (Fsp3) is 0.154. The Hall–Kier alpha value is -3.77. The zero-order valence-electron chi connectivity index (χ0n) is 18.5. The maximum Gasteiger partial charge on any atom is 0.282 e. The average molecular weight is 463 g/mol. The molecule has 0 saturated heterocycles. The fourth-order valence-electron chi connectivity index (χ4n) is 3.72. The molecular formula is C26H23ClN2O4. The molecule has 0 spiro atoms. The minimum Gasteiger partial charge on any atom is -0.496 e. The largest absolute Gasteiger partial charge is 0.496 e. The van der Waals surface area contributed by atoms with Crippen molar-refractivity contribution in [2.45, 2.75) is 13.8 Å². The summed E-state index contributed by atoms with van der Waals surface area (Å²) in [6.45, 7) is 4.26. The van der Waals surface area contributed by atoms with Crippen molar-refractivity contribution in [2.24, 2.45) is 0 Å². The number of imide groups is 1. The number of hydrogen-bond donors (Lipinski definition) is 1. The number of carbonyl (C=O) groups excluding carboxylic acids is 2. The minimum atomic E-state index is -0.468. The van der Waals surface area contributed by atoms with Crippen LogP contribution in [-0.2, 0) is 9.59 Å². The maximum absolute atomic E-state index is 13.6. The highest BCUT2D eigenvalue weighted by atomic mass is 35.5. The summed E-state index contributed by atoms with van der Waals surface area (Å²) in [5.74, 6) is 0.232. The van der Waals surface area contributed by atoms with Gasteiger partial charge in [0.15, 0.2) is 0 Å². The zero-order chi connectivity index (χ0) is 23.5. The average Bonchev–Trinajstić information content (AvgIpc) is 3.06. The van der Waals surface area contributed by atoms with E-state index in [0.717, 1.165) is 10.5 Å². The van der Waals surface area contributed by atoms with Crippen LogP contribution in [0.3, 0.4) is 0 Å². The Morgan fingerprint density at radius 2 is 1.67 bits per heavy atom. The fourth-order valence-corrected chi connectivity index (χ4v) is 3.89. The number of methoxy groups -OCH3 is 1. The summed E-state index contributed by atoms with van der Waals surface area (Å²) in [4.78, 5) is 28.4. The number of carbonyl (C=O) groups is 2. The van der Waals surface area contributed by atoms with E-state index in [-0.39, 0.29) is 11.3 Å². The first kappa shape index (κ1) is 22.4. The normalized spacial score (nSPS) is 13.5. The first-order valence-electron chi connectivity index (χ1n) is 10.5. The van der Waals surface area contributed by atoms with Gasteiger partial charge in [0.1, 0.15) is 17.2 Å². The molecule has 0 bridgehead atoms. The lowest BCUT2D eigenvalue weighted by atomic mass is 10.0. The zero-order valence-corrected chi connectivity index (χ0v) is 19.3. The van der Waals surface area contributed by atoms with Crippen molar-refractivity contribution >= 4 is 40.4 Å².